The summed E-state index contributed by atoms with van der Waals surface area (Å²) in [5, 5.41) is 3.28. The number of carbonyl (C=O) groups is 1. The van der Waals surface area contributed by atoms with Crippen molar-refractivity contribution in [1.82, 2.24) is 10.3 Å². The van der Waals surface area contributed by atoms with Gasteiger partial charge in [-0.15, -0.1) is 0 Å². The Balaban J connectivity index is 2.43. The number of aryl methyl sites for hydroxylation is 1. The van der Waals surface area contributed by atoms with Crippen LogP contribution in [0.25, 0.3) is 10.2 Å². The van der Waals surface area contributed by atoms with Gasteiger partial charge in [0.15, 0.2) is 5.13 Å². The Labute approximate surface area is 97.9 Å². The molecular formula is C11H13N3OS. The van der Waals surface area contributed by atoms with Gasteiger partial charge in [-0.1, -0.05) is 17.4 Å². The summed E-state index contributed by atoms with van der Waals surface area (Å²) in [5.74, 6) is 0. The minimum absolute atomic E-state index is 0.157. The van der Waals surface area contributed by atoms with Gasteiger partial charge in [0.25, 0.3) is 0 Å². The van der Waals surface area contributed by atoms with Crippen molar-refractivity contribution in [1.29, 1.82) is 0 Å². The van der Waals surface area contributed by atoms with Gasteiger partial charge in [0, 0.05) is 14.1 Å². The lowest BCUT2D eigenvalue weighted by Crippen LogP contribution is -2.34. The van der Waals surface area contributed by atoms with E-state index in [9.17, 15) is 4.79 Å². The van der Waals surface area contributed by atoms with Gasteiger partial charge in [0.2, 0.25) is 0 Å². The Morgan fingerprint density at radius 3 is 2.94 bits per heavy atom. The van der Waals surface area contributed by atoms with Crippen LogP contribution in [0.2, 0.25) is 0 Å². The number of carbonyl (C=O) groups excluding carboxylic acids is 1. The predicted molar refractivity (Wildman–Crippen MR) is 67.2 cm³/mol. The fourth-order valence-corrected chi connectivity index (χ4v) is 2.33. The third-order valence-electron chi connectivity index (χ3n) is 2.34. The lowest BCUT2D eigenvalue weighted by molar-refractivity contribution is 0.249. The molecule has 0 aliphatic carbocycles. The van der Waals surface area contributed by atoms with Crippen LogP contribution in [0, 0.1) is 6.92 Å². The van der Waals surface area contributed by atoms with Crippen LogP contribution in [-0.2, 0) is 0 Å². The molecule has 0 radical (unpaired) electrons. The summed E-state index contributed by atoms with van der Waals surface area (Å²) in [7, 11) is 3.32. The summed E-state index contributed by atoms with van der Waals surface area (Å²) in [4.78, 5) is 17.4. The number of fused-ring (bicyclic) bond motifs is 1. The van der Waals surface area contributed by atoms with E-state index < -0.39 is 0 Å². The van der Waals surface area contributed by atoms with Crippen molar-refractivity contribution in [2.45, 2.75) is 6.92 Å². The molecular weight excluding hydrogens is 222 g/mol. The number of nitrogens with zero attached hydrogens (tertiary/aromatic N) is 2. The largest absolute Gasteiger partial charge is 0.341 e. The molecule has 0 fully saturated rings. The van der Waals surface area contributed by atoms with E-state index in [1.165, 1.54) is 21.8 Å². The highest BCUT2D eigenvalue weighted by atomic mass is 32.1. The van der Waals surface area contributed by atoms with Crippen molar-refractivity contribution in [3.63, 3.8) is 0 Å². The van der Waals surface area contributed by atoms with Crippen molar-refractivity contribution in [3.05, 3.63) is 23.8 Å². The Hall–Kier alpha value is -1.62. The standard InChI is InChI=1S/C11H13N3OS/c1-7-4-5-9-8(6-7)13-11(16-9)14(3)10(15)12-2/h4-6H,1-3H3,(H,12,15). The summed E-state index contributed by atoms with van der Waals surface area (Å²) in [5.41, 5.74) is 2.11. The second kappa shape index (κ2) is 4.09. The van der Waals surface area contributed by atoms with Gasteiger partial charge in [-0.25, -0.2) is 9.78 Å². The maximum Gasteiger partial charge on any atom is 0.323 e. The summed E-state index contributed by atoms with van der Waals surface area (Å²) >= 11 is 1.51. The van der Waals surface area contributed by atoms with E-state index in [0.717, 1.165) is 10.2 Å². The zero-order valence-corrected chi connectivity index (χ0v) is 10.3. The van der Waals surface area contributed by atoms with Crippen LogP contribution in [0.3, 0.4) is 0 Å². The number of urea groups is 1. The lowest BCUT2D eigenvalue weighted by Gasteiger charge is -2.11. The Bertz CT molecular complexity index is 535. The number of nitrogens with one attached hydrogen (secondary N) is 1. The number of hydrogen-bond donors (Lipinski definition) is 1. The number of hydrogen-bond acceptors (Lipinski definition) is 3. The van der Waals surface area contributed by atoms with E-state index in [0.29, 0.717) is 5.13 Å². The van der Waals surface area contributed by atoms with Crippen molar-refractivity contribution >= 4 is 32.7 Å². The van der Waals surface area contributed by atoms with E-state index in [1.54, 1.807) is 14.1 Å². The molecule has 2 amide bonds. The molecule has 1 heterocycles. The van der Waals surface area contributed by atoms with E-state index in [1.807, 2.05) is 25.1 Å². The molecule has 0 aliphatic heterocycles. The average Bonchev–Trinajstić information content (AvgIpc) is 2.69. The minimum Gasteiger partial charge on any atom is -0.341 e. The predicted octanol–water partition coefficient (Wildman–Crippen LogP) is 2.38. The zero-order chi connectivity index (χ0) is 11.7. The van der Waals surface area contributed by atoms with Gasteiger partial charge in [-0.3, -0.25) is 4.90 Å². The summed E-state index contributed by atoms with van der Waals surface area (Å²) in [6.45, 7) is 2.03. The van der Waals surface area contributed by atoms with Gasteiger partial charge in [0.1, 0.15) is 0 Å². The first kappa shape index (κ1) is 10.9. The van der Waals surface area contributed by atoms with Crippen molar-refractivity contribution in [2.75, 3.05) is 19.0 Å². The molecule has 0 bridgehead atoms. The summed E-state index contributed by atoms with van der Waals surface area (Å²) in [6, 6.07) is 5.94. The Morgan fingerprint density at radius 1 is 1.50 bits per heavy atom. The highest BCUT2D eigenvalue weighted by Gasteiger charge is 2.13. The van der Waals surface area contributed by atoms with Crippen molar-refractivity contribution < 1.29 is 4.79 Å². The second-order valence-electron chi connectivity index (χ2n) is 3.58. The molecule has 5 heteroatoms. The molecule has 1 aromatic heterocycles. The van der Waals surface area contributed by atoms with Crippen LogP contribution < -0.4 is 10.2 Å². The first-order chi connectivity index (χ1) is 7.61. The number of benzene rings is 1. The van der Waals surface area contributed by atoms with Crippen LogP contribution in [0.5, 0.6) is 0 Å². The lowest BCUT2D eigenvalue weighted by atomic mass is 10.2. The first-order valence-electron chi connectivity index (χ1n) is 4.94. The molecule has 84 valence electrons. The van der Waals surface area contributed by atoms with Gasteiger partial charge < -0.3 is 5.32 Å². The molecule has 16 heavy (non-hydrogen) atoms. The third-order valence-corrected chi connectivity index (χ3v) is 3.45. The average molecular weight is 235 g/mol. The van der Waals surface area contributed by atoms with E-state index in [-0.39, 0.29) is 6.03 Å². The molecule has 0 aliphatic rings. The molecule has 0 atom stereocenters. The quantitative estimate of drug-likeness (QED) is 0.824. The molecule has 0 saturated heterocycles. The first-order valence-corrected chi connectivity index (χ1v) is 5.76. The maximum absolute atomic E-state index is 11.4. The molecule has 1 aromatic carbocycles. The zero-order valence-electron chi connectivity index (χ0n) is 9.44. The molecule has 0 saturated carbocycles. The topological polar surface area (TPSA) is 45.2 Å². The SMILES string of the molecule is CNC(=O)N(C)c1nc2cc(C)ccc2s1. The Morgan fingerprint density at radius 2 is 2.25 bits per heavy atom. The van der Waals surface area contributed by atoms with E-state index in [4.69, 9.17) is 0 Å². The fraction of sp³-hybridized carbons (Fsp3) is 0.273. The van der Waals surface area contributed by atoms with Crippen molar-refractivity contribution in [3.8, 4) is 0 Å². The molecule has 2 rings (SSSR count). The fourth-order valence-electron chi connectivity index (χ4n) is 1.42. The second-order valence-corrected chi connectivity index (χ2v) is 4.59. The normalized spacial score (nSPS) is 10.4. The monoisotopic (exact) mass is 235 g/mol. The number of amides is 2. The number of rotatable bonds is 1. The molecule has 1 N–H and O–H groups in total. The molecule has 0 unspecified atom stereocenters. The number of thiazole rings is 1. The molecule has 4 nitrogen and oxygen atoms in total. The van der Waals surface area contributed by atoms with Crippen LogP contribution in [0.15, 0.2) is 18.2 Å². The number of aromatic nitrogens is 1. The van der Waals surface area contributed by atoms with Gasteiger partial charge in [-0.2, -0.15) is 0 Å². The minimum atomic E-state index is -0.157. The van der Waals surface area contributed by atoms with E-state index >= 15 is 0 Å². The Kier molecular flexibility index (Phi) is 2.78. The van der Waals surface area contributed by atoms with Crippen LogP contribution in [-0.4, -0.2) is 25.1 Å². The van der Waals surface area contributed by atoms with Crippen molar-refractivity contribution in [2.24, 2.45) is 0 Å². The van der Waals surface area contributed by atoms with E-state index in [2.05, 4.69) is 10.3 Å². The highest BCUT2D eigenvalue weighted by Crippen LogP contribution is 2.28. The molecule has 2 aromatic rings. The van der Waals surface area contributed by atoms with Crippen LogP contribution in [0.1, 0.15) is 5.56 Å². The smallest absolute Gasteiger partial charge is 0.323 e. The van der Waals surface area contributed by atoms with Gasteiger partial charge in [-0.05, 0) is 24.6 Å². The highest BCUT2D eigenvalue weighted by molar-refractivity contribution is 7.22. The molecule has 0 spiro atoms. The summed E-state index contributed by atoms with van der Waals surface area (Å²) in [6.07, 6.45) is 0. The van der Waals surface area contributed by atoms with Crippen LogP contribution >= 0.6 is 11.3 Å². The maximum atomic E-state index is 11.4. The van der Waals surface area contributed by atoms with Crippen LogP contribution in [0.4, 0.5) is 9.93 Å². The number of anilines is 1. The van der Waals surface area contributed by atoms with Gasteiger partial charge >= 0.3 is 6.03 Å². The summed E-state index contributed by atoms with van der Waals surface area (Å²) < 4.78 is 1.09. The van der Waals surface area contributed by atoms with Gasteiger partial charge in [0.05, 0.1) is 10.2 Å². The third kappa shape index (κ3) is 1.86.